The zero-order valence-electron chi connectivity index (χ0n) is 9.51. The summed E-state index contributed by atoms with van der Waals surface area (Å²) in [5.74, 6) is 2.23. The van der Waals surface area contributed by atoms with Gasteiger partial charge in [-0.05, 0) is 38.0 Å². The van der Waals surface area contributed by atoms with Crippen LogP contribution in [0.4, 0.5) is 0 Å². The minimum absolute atomic E-state index is 0.0718. The van der Waals surface area contributed by atoms with E-state index in [-0.39, 0.29) is 5.41 Å². The molecule has 0 N–H and O–H groups in total. The number of ketones is 1. The molecule has 0 unspecified atom stereocenters. The molecule has 0 aromatic heterocycles. The second-order valence-electron chi connectivity index (χ2n) is 5.49. The summed E-state index contributed by atoms with van der Waals surface area (Å²) in [5, 5.41) is 0. The van der Waals surface area contributed by atoms with Crippen LogP contribution in [-0.2, 0) is 4.79 Å². The maximum absolute atomic E-state index is 11.8. The van der Waals surface area contributed by atoms with E-state index >= 15 is 0 Å². The fourth-order valence-electron chi connectivity index (χ4n) is 2.66. The topological polar surface area (TPSA) is 17.1 Å². The summed E-state index contributed by atoms with van der Waals surface area (Å²) in [4.78, 5) is 11.8. The highest BCUT2D eigenvalue weighted by Gasteiger charge is 2.42. The maximum Gasteiger partial charge on any atom is 0.135 e. The van der Waals surface area contributed by atoms with Crippen LogP contribution in [0.15, 0.2) is 0 Å². The molecule has 14 heavy (non-hydrogen) atoms. The van der Waals surface area contributed by atoms with Gasteiger partial charge in [-0.3, -0.25) is 4.79 Å². The molecule has 2 saturated carbocycles. The highest BCUT2D eigenvalue weighted by Crippen LogP contribution is 2.49. The summed E-state index contributed by atoms with van der Waals surface area (Å²) < 4.78 is 0. The van der Waals surface area contributed by atoms with Crippen molar-refractivity contribution in [3.05, 3.63) is 0 Å². The Bertz CT molecular complexity index is 209. The highest BCUT2D eigenvalue weighted by atomic mass is 16.1. The molecule has 2 rings (SSSR count). The molecule has 0 aromatic carbocycles. The van der Waals surface area contributed by atoms with Gasteiger partial charge in [0.2, 0.25) is 0 Å². The molecule has 0 aromatic rings. The number of carbonyl (C=O) groups excluding carboxylic acids is 1. The van der Waals surface area contributed by atoms with E-state index in [0.29, 0.717) is 5.78 Å². The van der Waals surface area contributed by atoms with Crippen molar-refractivity contribution in [2.24, 2.45) is 17.3 Å². The van der Waals surface area contributed by atoms with Gasteiger partial charge in [-0.25, -0.2) is 0 Å². The lowest BCUT2D eigenvalue weighted by molar-refractivity contribution is -0.128. The lowest BCUT2D eigenvalue weighted by Crippen LogP contribution is -2.30. The number of hydrogen-bond acceptors (Lipinski definition) is 1. The Hall–Kier alpha value is -0.330. The third-order valence-electron chi connectivity index (χ3n) is 4.18. The van der Waals surface area contributed by atoms with Crippen LogP contribution in [0, 0.1) is 17.3 Å². The number of hydrogen-bond donors (Lipinski definition) is 0. The molecule has 2 fully saturated rings. The molecule has 2 aliphatic carbocycles. The molecule has 0 amide bonds. The fraction of sp³-hybridized carbons (Fsp3) is 0.923. The molecule has 0 bridgehead atoms. The quantitative estimate of drug-likeness (QED) is 0.631. The second kappa shape index (κ2) is 3.67. The SMILES string of the molecule is CCC(CC1CC1)(CC1CC1)C(C)=O. The Morgan fingerprint density at radius 2 is 1.57 bits per heavy atom. The van der Waals surface area contributed by atoms with E-state index in [4.69, 9.17) is 0 Å². The van der Waals surface area contributed by atoms with E-state index in [1.54, 1.807) is 0 Å². The van der Waals surface area contributed by atoms with Crippen molar-refractivity contribution in [2.45, 2.75) is 58.8 Å². The Balaban J connectivity index is 2.01. The molecule has 0 saturated heterocycles. The first-order valence-electron chi connectivity index (χ1n) is 6.17. The number of Topliss-reactive ketones (excluding diaryl/α,β-unsaturated/α-hetero) is 1. The van der Waals surface area contributed by atoms with Crippen molar-refractivity contribution < 1.29 is 4.79 Å². The normalized spacial score (nSPS) is 22.4. The van der Waals surface area contributed by atoms with Crippen LogP contribution < -0.4 is 0 Å². The summed E-state index contributed by atoms with van der Waals surface area (Å²) in [5.41, 5.74) is 0.0718. The average molecular weight is 194 g/mol. The van der Waals surface area contributed by atoms with E-state index in [1.807, 2.05) is 6.92 Å². The standard InChI is InChI=1S/C13H22O/c1-3-13(10(2)14,8-11-4-5-11)9-12-6-7-12/h11-12H,3-9H2,1-2H3. The van der Waals surface area contributed by atoms with E-state index in [0.717, 1.165) is 18.3 Å². The molecule has 0 heterocycles. The lowest BCUT2D eigenvalue weighted by atomic mass is 9.72. The highest BCUT2D eigenvalue weighted by molar-refractivity contribution is 5.82. The molecule has 80 valence electrons. The molecule has 1 heteroatoms. The monoisotopic (exact) mass is 194 g/mol. The Morgan fingerprint density at radius 3 is 1.79 bits per heavy atom. The molecule has 0 atom stereocenters. The molecular formula is C13H22O. The molecule has 0 radical (unpaired) electrons. The molecule has 0 spiro atoms. The maximum atomic E-state index is 11.8. The smallest absolute Gasteiger partial charge is 0.135 e. The summed E-state index contributed by atoms with van der Waals surface area (Å²) in [6.07, 6.45) is 8.94. The van der Waals surface area contributed by atoms with Gasteiger partial charge in [0.15, 0.2) is 0 Å². The average Bonchev–Trinajstić information content (AvgIpc) is 2.97. The Labute approximate surface area is 87.3 Å². The minimum Gasteiger partial charge on any atom is -0.299 e. The van der Waals surface area contributed by atoms with E-state index in [1.165, 1.54) is 38.5 Å². The van der Waals surface area contributed by atoms with Gasteiger partial charge in [0, 0.05) is 5.41 Å². The second-order valence-corrected chi connectivity index (χ2v) is 5.49. The predicted molar refractivity (Wildman–Crippen MR) is 58.1 cm³/mol. The summed E-state index contributed by atoms with van der Waals surface area (Å²) in [7, 11) is 0. The van der Waals surface area contributed by atoms with Crippen molar-refractivity contribution >= 4 is 5.78 Å². The van der Waals surface area contributed by atoms with Gasteiger partial charge in [0.25, 0.3) is 0 Å². The van der Waals surface area contributed by atoms with Gasteiger partial charge in [-0.15, -0.1) is 0 Å². The van der Waals surface area contributed by atoms with Crippen LogP contribution in [0.25, 0.3) is 0 Å². The van der Waals surface area contributed by atoms with Crippen LogP contribution in [0.5, 0.6) is 0 Å². The van der Waals surface area contributed by atoms with E-state index in [9.17, 15) is 4.79 Å². The van der Waals surface area contributed by atoms with Gasteiger partial charge < -0.3 is 0 Å². The van der Waals surface area contributed by atoms with Crippen LogP contribution >= 0.6 is 0 Å². The third-order valence-corrected chi connectivity index (χ3v) is 4.18. The number of carbonyl (C=O) groups is 1. The van der Waals surface area contributed by atoms with Crippen molar-refractivity contribution in [1.29, 1.82) is 0 Å². The Morgan fingerprint density at radius 1 is 1.14 bits per heavy atom. The van der Waals surface area contributed by atoms with Crippen LogP contribution in [0.3, 0.4) is 0 Å². The largest absolute Gasteiger partial charge is 0.299 e. The zero-order chi connectivity index (χ0) is 10.2. The molecule has 1 nitrogen and oxygen atoms in total. The summed E-state index contributed by atoms with van der Waals surface area (Å²) in [6, 6.07) is 0. The van der Waals surface area contributed by atoms with Crippen molar-refractivity contribution in [3.8, 4) is 0 Å². The molecule has 0 aliphatic heterocycles. The summed E-state index contributed by atoms with van der Waals surface area (Å²) >= 11 is 0. The van der Waals surface area contributed by atoms with Crippen molar-refractivity contribution in [2.75, 3.05) is 0 Å². The van der Waals surface area contributed by atoms with Crippen molar-refractivity contribution in [1.82, 2.24) is 0 Å². The van der Waals surface area contributed by atoms with Crippen LogP contribution in [-0.4, -0.2) is 5.78 Å². The fourth-order valence-corrected chi connectivity index (χ4v) is 2.66. The lowest BCUT2D eigenvalue weighted by Gasteiger charge is -2.30. The predicted octanol–water partition coefficient (Wildman–Crippen LogP) is 3.57. The zero-order valence-corrected chi connectivity index (χ0v) is 9.51. The van der Waals surface area contributed by atoms with Gasteiger partial charge >= 0.3 is 0 Å². The molecule has 2 aliphatic rings. The van der Waals surface area contributed by atoms with Gasteiger partial charge in [0.1, 0.15) is 5.78 Å². The van der Waals surface area contributed by atoms with Gasteiger partial charge in [-0.2, -0.15) is 0 Å². The first-order chi connectivity index (χ1) is 6.66. The van der Waals surface area contributed by atoms with Crippen LogP contribution in [0.1, 0.15) is 58.8 Å². The first-order valence-corrected chi connectivity index (χ1v) is 6.17. The minimum atomic E-state index is 0.0718. The van der Waals surface area contributed by atoms with Crippen LogP contribution in [0.2, 0.25) is 0 Å². The van der Waals surface area contributed by atoms with E-state index in [2.05, 4.69) is 6.92 Å². The summed E-state index contributed by atoms with van der Waals surface area (Å²) in [6.45, 7) is 4.01. The van der Waals surface area contributed by atoms with E-state index < -0.39 is 0 Å². The Kier molecular flexibility index (Phi) is 2.68. The third kappa shape index (κ3) is 2.18. The van der Waals surface area contributed by atoms with Crippen molar-refractivity contribution in [3.63, 3.8) is 0 Å². The number of rotatable bonds is 6. The first kappa shape index (κ1) is 10.2. The van der Waals surface area contributed by atoms with Gasteiger partial charge in [0.05, 0.1) is 0 Å². The van der Waals surface area contributed by atoms with Gasteiger partial charge in [-0.1, -0.05) is 32.6 Å². The molecular weight excluding hydrogens is 172 g/mol.